The van der Waals surface area contributed by atoms with Crippen molar-refractivity contribution in [3.8, 4) is 0 Å². The van der Waals surface area contributed by atoms with Gasteiger partial charge in [-0.25, -0.2) is 14.8 Å². The van der Waals surface area contributed by atoms with Crippen molar-refractivity contribution in [2.45, 2.75) is 31.7 Å². The van der Waals surface area contributed by atoms with Gasteiger partial charge in [-0.1, -0.05) is 0 Å². The first-order chi connectivity index (χ1) is 9.03. The Hall–Kier alpha value is -1.98. The summed E-state index contributed by atoms with van der Waals surface area (Å²) in [5.41, 5.74) is 0.456. The van der Waals surface area contributed by atoms with Gasteiger partial charge in [0.25, 0.3) is 0 Å². The highest BCUT2D eigenvalue weighted by atomic mass is 16.5. The average molecular weight is 261 g/mol. The third-order valence-electron chi connectivity index (χ3n) is 3.92. The summed E-state index contributed by atoms with van der Waals surface area (Å²) in [5.74, 6) is 0.486. The van der Waals surface area contributed by atoms with Crippen molar-refractivity contribution < 1.29 is 14.3 Å². The number of nitrogens with one attached hydrogen (secondary N) is 1. The van der Waals surface area contributed by atoms with Crippen molar-refractivity contribution in [2.75, 3.05) is 12.4 Å². The van der Waals surface area contributed by atoms with Crippen LogP contribution in [-0.4, -0.2) is 34.4 Å². The Bertz CT molecular complexity index is 553. The van der Waals surface area contributed by atoms with Gasteiger partial charge in [0.05, 0.1) is 13.3 Å². The van der Waals surface area contributed by atoms with Crippen molar-refractivity contribution in [3.63, 3.8) is 0 Å². The summed E-state index contributed by atoms with van der Waals surface area (Å²) < 4.78 is 4.62. The Morgan fingerprint density at radius 1 is 1.42 bits per heavy atom. The molecule has 0 spiro atoms. The van der Waals surface area contributed by atoms with Crippen LogP contribution in [0.25, 0.3) is 0 Å². The largest absolute Gasteiger partial charge is 0.464 e. The van der Waals surface area contributed by atoms with Crippen LogP contribution in [0.3, 0.4) is 0 Å². The Labute approximate surface area is 110 Å². The van der Waals surface area contributed by atoms with Gasteiger partial charge in [-0.15, -0.1) is 0 Å². The Morgan fingerprint density at radius 2 is 2.11 bits per heavy atom. The fourth-order valence-electron chi connectivity index (χ4n) is 2.82. The number of Topliss-reactive ketones (excluding diaryl/α,β-unsaturated/α-hetero) is 1. The van der Waals surface area contributed by atoms with Gasteiger partial charge in [0.1, 0.15) is 5.69 Å². The van der Waals surface area contributed by atoms with Crippen molar-refractivity contribution >= 4 is 17.6 Å². The summed E-state index contributed by atoms with van der Waals surface area (Å²) in [6, 6.07) is 0. The van der Waals surface area contributed by atoms with Crippen LogP contribution < -0.4 is 5.32 Å². The molecule has 1 aromatic heterocycles. The van der Waals surface area contributed by atoms with Crippen LogP contribution in [0.5, 0.6) is 0 Å². The molecule has 3 fully saturated rings. The van der Waals surface area contributed by atoms with Crippen LogP contribution in [0.2, 0.25) is 0 Å². The SMILES string of the molecule is COC(=O)c1cnc(C(C)=O)c(NC23CC(C2)C3)n1. The van der Waals surface area contributed by atoms with Gasteiger partial charge in [0, 0.05) is 12.5 Å². The number of ketones is 1. The summed E-state index contributed by atoms with van der Waals surface area (Å²) in [6.45, 7) is 1.44. The molecule has 0 saturated heterocycles. The summed E-state index contributed by atoms with van der Waals surface area (Å²) >= 11 is 0. The molecule has 0 atom stereocenters. The van der Waals surface area contributed by atoms with Crippen LogP contribution in [0, 0.1) is 5.92 Å². The predicted molar refractivity (Wildman–Crippen MR) is 67.1 cm³/mol. The van der Waals surface area contributed by atoms with E-state index in [0.29, 0.717) is 5.82 Å². The van der Waals surface area contributed by atoms with Gasteiger partial charge in [-0.3, -0.25) is 4.79 Å². The maximum Gasteiger partial charge on any atom is 0.358 e. The van der Waals surface area contributed by atoms with Crippen molar-refractivity contribution in [2.24, 2.45) is 5.92 Å². The van der Waals surface area contributed by atoms with Crippen LogP contribution in [-0.2, 0) is 4.74 Å². The highest BCUT2D eigenvalue weighted by Gasteiger charge is 2.57. The van der Waals surface area contributed by atoms with E-state index in [4.69, 9.17) is 0 Å². The number of hydrogen-bond donors (Lipinski definition) is 1. The topological polar surface area (TPSA) is 81.2 Å². The molecule has 3 saturated carbocycles. The normalized spacial score (nSPS) is 26.9. The molecule has 0 aromatic carbocycles. The number of rotatable bonds is 4. The fraction of sp³-hybridized carbons (Fsp3) is 0.538. The molecule has 0 unspecified atom stereocenters. The lowest BCUT2D eigenvalue weighted by Crippen LogP contribution is -2.63. The summed E-state index contributed by atoms with van der Waals surface area (Å²) in [7, 11) is 1.29. The molecule has 1 heterocycles. The molecule has 0 radical (unpaired) electrons. The maximum atomic E-state index is 11.6. The van der Waals surface area contributed by atoms with Crippen LogP contribution in [0.15, 0.2) is 6.20 Å². The molecular weight excluding hydrogens is 246 g/mol. The lowest BCUT2D eigenvalue weighted by atomic mass is 9.50. The van der Waals surface area contributed by atoms with Gasteiger partial charge in [0.15, 0.2) is 17.3 Å². The molecule has 100 valence electrons. The molecule has 2 bridgehead atoms. The minimum Gasteiger partial charge on any atom is -0.464 e. The zero-order valence-electron chi connectivity index (χ0n) is 10.9. The van der Waals surface area contributed by atoms with Crippen molar-refractivity contribution in [1.82, 2.24) is 9.97 Å². The van der Waals surface area contributed by atoms with E-state index in [9.17, 15) is 9.59 Å². The number of nitrogens with zero attached hydrogens (tertiary/aromatic N) is 2. The molecule has 1 N–H and O–H groups in total. The molecule has 3 aliphatic rings. The molecule has 1 aromatic rings. The number of carbonyl (C=O) groups excluding carboxylic acids is 2. The van der Waals surface area contributed by atoms with E-state index in [-0.39, 0.29) is 22.7 Å². The van der Waals surface area contributed by atoms with E-state index in [0.717, 1.165) is 25.2 Å². The van der Waals surface area contributed by atoms with Gasteiger partial charge in [-0.2, -0.15) is 0 Å². The van der Waals surface area contributed by atoms with Crippen LogP contribution in [0.4, 0.5) is 5.82 Å². The first-order valence-corrected chi connectivity index (χ1v) is 6.27. The first kappa shape index (κ1) is 12.1. The predicted octanol–water partition coefficient (Wildman–Crippen LogP) is 1.43. The molecule has 6 nitrogen and oxygen atoms in total. The number of anilines is 1. The van der Waals surface area contributed by atoms with E-state index >= 15 is 0 Å². The Balaban J connectivity index is 1.92. The summed E-state index contributed by atoms with van der Waals surface area (Å²) in [5, 5.41) is 3.29. The number of esters is 1. The third-order valence-corrected chi connectivity index (χ3v) is 3.92. The zero-order valence-corrected chi connectivity index (χ0v) is 10.9. The second-order valence-electron chi connectivity index (χ2n) is 5.38. The number of aromatic nitrogens is 2. The maximum absolute atomic E-state index is 11.6. The zero-order chi connectivity index (χ0) is 13.6. The average Bonchev–Trinajstić information content (AvgIpc) is 2.30. The van der Waals surface area contributed by atoms with E-state index in [1.165, 1.54) is 20.2 Å². The van der Waals surface area contributed by atoms with E-state index in [1.807, 2.05) is 0 Å². The van der Waals surface area contributed by atoms with E-state index in [2.05, 4.69) is 20.0 Å². The number of ether oxygens (including phenoxy) is 1. The quantitative estimate of drug-likeness (QED) is 0.652. The molecule has 0 aliphatic heterocycles. The lowest BCUT2D eigenvalue weighted by Gasteiger charge is -2.62. The standard InChI is InChI=1S/C13H15N3O3/c1-7(17)10-11(16-13-3-8(4-13)5-13)15-9(6-14-10)12(18)19-2/h6,8H,3-5H2,1-2H3,(H,15,16). The number of carbonyl (C=O) groups is 2. The summed E-state index contributed by atoms with van der Waals surface area (Å²) in [6.07, 6.45) is 4.59. The van der Waals surface area contributed by atoms with Crippen LogP contribution in [0.1, 0.15) is 47.2 Å². The monoisotopic (exact) mass is 261 g/mol. The van der Waals surface area contributed by atoms with E-state index < -0.39 is 5.97 Å². The van der Waals surface area contributed by atoms with Crippen molar-refractivity contribution in [1.29, 1.82) is 0 Å². The molecule has 0 amide bonds. The second-order valence-corrected chi connectivity index (χ2v) is 5.38. The van der Waals surface area contributed by atoms with Crippen molar-refractivity contribution in [3.05, 3.63) is 17.6 Å². The smallest absolute Gasteiger partial charge is 0.358 e. The Kier molecular flexibility index (Phi) is 2.55. The number of methoxy groups -OCH3 is 1. The second kappa shape index (κ2) is 4.01. The fourth-order valence-corrected chi connectivity index (χ4v) is 2.82. The highest BCUT2D eigenvalue weighted by molar-refractivity contribution is 5.97. The molecule has 4 rings (SSSR count). The molecule has 19 heavy (non-hydrogen) atoms. The molecule has 6 heteroatoms. The summed E-state index contributed by atoms with van der Waals surface area (Å²) in [4.78, 5) is 31.3. The van der Waals surface area contributed by atoms with Gasteiger partial charge in [0.2, 0.25) is 0 Å². The molecule has 3 aliphatic carbocycles. The Morgan fingerprint density at radius 3 is 2.58 bits per heavy atom. The minimum absolute atomic E-state index is 0.0677. The lowest BCUT2D eigenvalue weighted by molar-refractivity contribution is 0.00169. The number of hydrogen-bond acceptors (Lipinski definition) is 6. The minimum atomic E-state index is -0.553. The van der Waals surface area contributed by atoms with Gasteiger partial charge < -0.3 is 10.1 Å². The van der Waals surface area contributed by atoms with E-state index in [1.54, 1.807) is 0 Å². The molecular formula is C13H15N3O3. The highest BCUT2D eigenvalue weighted by Crippen LogP contribution is 2.58. The van der Waals surface area contributed by atoms with Crippen LogP contribution >= 0.6 is 0 Å². The third kappa shape index (κ3) is 1.87. The van der Waals surface area contributed by atoms with Gasteiger partial charge >= 0.3 is 5.97 Å². The van der Waals surface area contributed by atoms with Gasteiger partial charge in [-0.05, 0) is 25.2 Å². The first-order valence-electron chi connectivity index (χ1n) is 6.27.